The van der Waals surface area contributed by atoms with Crippen LogP contribution in [-0.2, 0) is 9.53 Å². The summed E-state index contributed by atoms with van der Waals surface area (Å²) in [7, 11) is 0. The van der Waals surface area contributed by atoms with Crippen LogP contribution >= 0.6 is 22.6 Å². The average molecular weight is 403 g/mol. The third-order valence-corrected chi connectivity index (χ3v) is 5.22. The number of halogens is 1. The molecule has 0 aromatic heterocycles. The lowest BCUT2D eigenvalue weighted by atomic mass is 10.0. The van der Waals surface area contributed by atoms with Gasteiger partial charge in [0.25, 0.3) is 5.91 Å². The van der Waals surface area contributed by atoms with Crippen molar-refractivity contribution in [1.29, 1.82) is 0 Å². The maximum Gasteiger partial charge on any atom is 0.311 e. The second-order valence-electron chi connectivity index (χ2n) is 5.08. The van der Waals surface area contributed by atoms with Crippen LogP contribution in [0, 0.1) is 16.4 Å². The lowest BCUT2D eigenvalue weighted by Gasteiger charge is -2.29. The molecule has 21 heavy (non-hydrogen) atoms. The minimum atomic E-state index is -0.914. The molecular weight excluding hydrogens is 385 g/mol. The molecule has 1 amide bonds. The molecule has 5 nitrogen and oxygen atoms in total. The number of carbonyl (C=O) groups excluding carboxylic acids is 1. The molecule has 114 valence electrons. The van der Waals surface area contributed by atoms with E-state index < -0.39 is 17.9 Å². The van der Waals surface area contributed by atoms with Crippen molar-refractivity contribution in [2.45, 2.75) is 19.9 Å². The number of benzene rings is 1. The van der Waals surface area contributed by atoms with Gasteiger partial charge in [-0.1, -0.05) is 12.1 Å². The van der Waals surface area contributed by atoms with Crippen molar-refractivity contribution in [3.05, 3.63) is 32.9 Å². The van der Waals surface area contributed by atoms with Gasteiger partial charge in [-0.15, -0.1) is 0 Å². The summed E-state index contributed by atoms with van der Waals surface area (Å²) in [4.78, 5) is 25.7. The highest BCUT2D eigenvalue weighted by atomic mass is 127. The molecule has 1 fully saturated rings. The van der Waals surface area contributed by atoms with E-state index in [0.717, 1.165) is 9.13 Å². The fraction of sp³-hybridized carbons (Fsp3) is 0.467. The van der Waals surface area contributed by atoms with E-state index in [1.165, 1.54) is 0 Å². The molecule has 0 spiro atoms. The fourth-order valence-electron chi connectivity index (χ4n) is 2.58. The summed E-state index contributed by atoms with van der Waals surface area (Å²) in [6, 6.07) is 5.17. The van der Waals surface area contributed by atoms with Crippen molar-refractivity contribution >= 4 is 34.5 Å². The quantitative estimate of drug-likeness (QED) is 0.783. The third kappa shape index (κ3) is 3.21. The van der Waals surface area contributed by atoms with Crippen molar-refractivity contribution in [3.63, 3.8) is 0 Å². The predicted molar refractivity (Wildman–Crippen MR) is 86.3 cm³/mol. The maximum atomic E-state index is 12.8. The van der Waals surface area contributed by atoms with Crippen LogP contribution in [0.2, 0.25) is 0 Å². The zero-order chi connectivity index (χ0) is 15.6. The first-order valence-corrected chi connectivity index (χ1v) is 7.91. The Hall–Kier alpha value is -1.15. The number of likely N-dealkylation sites (N-methyl/N-ethyl adjacent to an activating group) is 1. The molecule has 0 radical (unpaired) electrons. The van der Waals surface area contributed by atoms with Crippen molar-refractivity contribution in [2.24, 2.45) is 5.92 Å². The summed E-state index contributed by atoms with van der Waals surface area (Å²) in [5.41, 5.74) is 1.66. The number of hydrogen-bond acceptors (Lipinski definition) is 3. The first kappa shape index (κ1) is 16.2. The molecule has 1 aromatic rings. The second kappa shape index (κ2) is 6.74. The van der Waals surface area contributed by atoms with Crippen LogP contribution in [0.1, 0.15) is 22.8 Å². The number of nitrogens with zero attached hydrogens (tertiary/aromatic N) is 1. The molecule has 1 heterocycles. The number of carboxylic acid groups (broad SMARTS) is 1. The van der Waals surface area contributed by atoms with E-state index in [2.05, 4.69) is 22.6 Å². The number of carbonyl (C=O) groups is 2. The summed E-state index contributed by atoms with van der Waals surface area (Å²) >= 11 is 2.16. The molecule has 1 saturated heterocycles. The highest BCUT2D eigenvalue weighted by Gasteiger charge is 2.39. The molecule has 2 atom stereocenters. The number of rotatable bonds is 4. The zero-order valence-corrected chi connectivity index (χ0v) is 14.2. The van der Waals surface area contributed by atoms with Crippen molar-refractivity contribution in [1.82, 2.24) is 4.90 Å². The van der Waals surface area contributed by atoms with E-state index in [9.17, 15) is 14.7 Å². The van der Waals surface area contributed by atoms with Crippen LogP contribution in [0.4, 0.5) is 0 Å². The monoisotopic (exact) mass is 403 g/mol. The zero-order valence-electron chi connectivity index (χ0n) is 12.0. The van der Waals surface area contributed by atoms with Crippen LogP contribution in [0.3, 0.4) is 0 Å². The molecule has 1 N–H and O–H groups in total. The fourth-order valence-corrected chi connectivity index (χ4v) is 3.17. The van der Waals surface area contributed by atoms with E-state index >= 15 is 0 Å². The topological polar surface area (TPSA) is 66.8 Å². The Morgan fingerprint density at radius 3 is 2.76 bits per heavy atom. The van der Waals surface area contributed by atoms with E-state index in [1.807, 2.05) is 26.0 Å². The molecular formula is C15H18INO4. The number of ether oxygens (including phenoxy) is 1. The second-order valence-corrected chi connectivity index (χ2v) is 6.16. The normalized spacial score (nSPS) is 21.3. The number of hydrogen-bond donors (Lipinski definition) is 1. The average Bonchev–Trinajstić information content (AvgIpc) is 2.92. The van der Waals surface area contributed by atoms with Gasteiger partial charge in [0.05, 0.1) is 24.8 Å². The third-order valence-electron chi connectivity index (χ3n) is 3.79. The minimum absolute atomic E-state index is 0.132. The number of amides is 1. The smallest absolute Gasteiger partial charge is 0.311 e. The number of aryl methyl sites for hydroxylation is 1. The summed E-state index contributed by atoms with van der Waals surface area (Å²) < 4.78 is 6.18. The summed E-state index contributed by atoms with van der Waals surface area (Å²) in [5.74, 6) is -1.70. The van der Waals surface area contributed by atoms with E-state index in [4.69, 9.17) is 4.74 Å². The maximum absolute atomic E-state index is 12.8. The van der Waals surface area contributed by atoms with Crippen molar-refractivity contribution in [2.75, 3.05) is 19.8 Å². The first-order valence-electron chi connectivity index (χ1n) is 6.84. The first-order chi connectivity index (χ1) is 9.97. The predicted octanol–water partition coefficient (Wildman–Crippen LogP) is 2.16. The van der Waals surface area contributed by atoms with Gasteiger partial charge in [0.15, 0.2) is 0 Å². The van der Waals surface area contributed by atoms with Gasteiger partial charge in [-0.25, -0.2) is 0 Å². The molecule has 0 saturated carbocycles. The van der Waals surface area contributed by atoms with Gasteiger partial charge in [0.1, 0.15) is 5.92 Å². The van der Waals surface area contributed by atoms with Crippen LogP contribution < -0.4 is 0 Å². The molecule has 1 aliphatic heterocycles. The van der Waals surface area contributed by atoms with Gasteiger partial charge < -0.3 is 14.7 Å². The van der Waals surface area contributed by atoms with Gasteiger partial charge in [-0.2, -0.15) is 0 Å². The molecule has 0 aliphatic carbocycles. The van der Waals surface area contributed by atoms with Crippen molar-refractivity contribution < 1.29 is 19.4 Å². The van der Waals surface area contributed by atoms with Gasteiger partial charge in [0, 0.05) is 10.1 Å². The Morgan fingerprint density at radius 2 is 2.14 bits per heavy atom. The van der Waals surface area contributed by atoms with Gasteiger partial charge in [-0.05, 0) is 48.1 Å². The molecule has 1 aromatic carbocycles. The van der Waals surface area contributed by atoms with Crippen LogP contribution in [0.25, 0.3) is 0 Å². The van der Waals surface area contributed by atoms with Gasteiger partial charge >= 0.3 is 5.97 Å². The van der Waals surface area contributed by atoms with Crippen LogP contribution in [0.15, 0.2) is 18.2 Å². The standard InChI is InChI=1S/C15H18INO4/c1-3-17(12-8-21-7-11(12)15(19)20)14(18)10-6-4-5-9(2)13(10)16/h4-6,11-12H,3,7-8H2,1-2H3,(H,19,20). The Bertz CT molecular complexity index is 561. The Kier molecular flexibility index (Phi) is 5.21. The number of carboxylic acids is 1. The van der Waals surface area contributed by atoms with Crippen molar-refractivity contribution in [3.8, 4) is 0 Å². The lowest BCUT2D eigenvalue weighted by molar-refractivity contribution is -0.142. The van der Waals surface area contributed by atoms with Crippen LogP contribution in [0.5, 0.6) is 0 Å². The summed E-state index contributed by atoms with van der Waals surface area (Å²) in [5, 5.41) is 9.26. The SMILES string of the molecule is CCN(C(=O)c1cccc(C)c1I)C1COCC1C(=O)O. The minimum Gasteiger partial charge on any atom is -0.481 e. The van der Waals surface area contributed by atoms with Crippen LogP contribution in [-0.4, -0.2) is 47.7 Å². The Balaban J connectivity index is 2.30. The lowest BCUT2D eigenvalue weighted by Crippen LogP contribution is -2.46. The highest BCUT2D eigenvalue weighted by molar-refractivity contribution is 14.1. The molecule has 2 rings (SSSR count). The molecule has 0 bridgehead atoms. The Morgan fingerprint density at radius 1 is 1.43 bits per heavy atom. The molecule has 2 unspecified atom stereocenters. The largest absolute Gasteiger partial charge is 0.481 e. The summed E-state index contributed by atoms with van der Waals surface area (Å²) in [6.45, 7) is 4.71. The van der Waals surface area contributed by atoms with E-state index in [-0.39, 0.29) is 19.1 Å². The summed E-state index contributed by atoms with van der Waals surface area (Å²) in [6.07, 6.45) is 0. The van der Waals surface area contributed by atoms with Gasteiger partial charge in [-0.3, -0.25) is 9.59 Å². The Labute approximate surface area is 137 Å². The molecule has 1 aliphatic rings. The van der Waals surface area contributed by atoms with E-state index in [0.29, 0.717) is 12.1 Å². The van der Waals surface area contributed by atoms with Gasteiger partial charge in [0.2, 0.25) is 0 Å². The molecule has 6 heteroatoms. The highest BCUT2D eigenvalue weighted by Crippen LogP contribution is 2.24. The van der Waals surface area contributed by atoms with E-state index in [1.54, 1.807) is 11.0 Å². The number of aliphatic carboxylic acids is 1.